The van der Waals surface area contributed by atoms with E-state index in [0.29, 0.717) is 58.8 Å². The van der Waals surface area contributed by atoms with Crippen molar-refractivity contribution >= 4 is 17.7 Å². The lowest BCUT2D eigenvalue weighted by Gasteiger charge is -2.50. The number of likely N-dealkylation sites (tertiary alicyclic amines) is 1. The first-order chi connectivity index (χ1) is 14.1. The summed E-state index contributed by atoms with van der Waals surface area (Å²) in [6, 6.07) is 0. The highest BCUT2D eigenvalue weighted by molar-refractivity contribution is 6.34. The summed E-state index contributed by atoms with van der Waals surface area (Å²) in [7, 11) is 0. The molecule has 0 aromatic carbocycles. The van der Waals surface area contributed by atoms with Gasteiger partial charge in [0.2, 0.25) is 5.91 Å². The molecule has 0 radical (unpaired) electrons. The van der Waals surface area contributed by atoms with Crippen molar-refractivity contribution in [3.63, 3.8) is 0 Å². The summed E-state index contributed by atoms with van der Waals surface area (Å²) < 4.78 is 5.27. The van der Waals surface area contributed by atoms with Gasteiger partial charge in [0.25, 0.3) is 0 Å². The molecule has 4 heterocycles. The van der Waals surface area contributed by atoms with Crippen LogP contribution in [0.3, 0.4) is 0 Å². The fraction of sp³-hybridized carbons (Fsp3) is 0.700. The van der Waals surface area contributed by atoms with Crippen molar-refractivity contribution in [3.05, 3.63) is 17.7 Å². The quantitative estimate of drug-likeness (QED) is 0.662. The van der Waals surface area contributed by atoms with E-state index in [-0.39, 0.29) is 11.8 Å². The second-order valence-electron chi connectivity index (χ2n) is 8.47. The van der Waals surface area contributed by atoms with Crippen LogP contribution >= 0.6 is 0 Å². The number of aromatic amines is 1. The highest BCUT2D eigenvalue weighted by Crippen LogP contribution is 2.45. The Morgan fingerprint density at radius 2 is 1.66 bits per heavy atom. The summed E-state index contributed by atoms with van der Waals surface area (Å²) in [5, 5.41) is 0. The van der Waals surface area contributed by atoms with Gasteiger partial charge in [0.05, 0.1) is 30.8 Å². The molecule has 156 valence electrons. The molecule has 3 amide bonds. The number of H-pyrrole nitrogens is 1. The van der Waals surface area contributed by atoms with Crippen molar-refractivity contribution in [2.45, 2.75) is 37.6 Å². The van der Waals surface area contributed by atoms with E-state index in [2.05, 4.69) is 9.97 Å². The molecule has 0 unspecified atom stereocenters. The van der Waals surface area contributed by atoms with Gasteiger partial charge in [0, 0.05) is 50.8 Å². The molecule has 1 aromatic heterocycles. The van der Waals surface area contributed by atoms with Crippen LogP contribution in [-0.2, 0) is 31.1 Å². The van der Waals surface area contributed by atoms with Crippen LogP contribution in [0, 0.1) is 5.92 Å². The lowest BCUT2D eigenvalue weighted by Crippen LogP contribution is -2.60. The van der Waals surface area contributed by atoms with E-state index in [9.17, 15) is 14.4 Å². The number of morpholine rings is 1. The van der Waals surface area contributed by atoms with Gasteiger partial charge in [-0.3, -0.25) is 14.4 Å². The third-order valence-electron chi connectivity index (χ3n) is 6.81. The molecule has 9 heteroatoms. The predicted octanol–water partition coefficient (Wildman–Crippen LogP) is -0.119. The number of carbonyl (C=O) groups excluding carboxylic acids is 3. The Morgan fingerprint density at radius 3 is 2.31 bits per heavy atom. The van der Waals surface area contributed by atoms with E-state index in [1.165, 1.54) is 0 Å². The molecule has 3 aliphatic heterocycles. The Labute approximate surface area is 169 Å². The number of hydrogen-bond acceptors (Lipinski definition) is 5. The zero-order valence-corrected chi connectivity index (χ0v) is 16.6. The number of fused-ring (bicyclic) bond motifs is 2. The maximum Gasteiger partial charge on any atom is 0.312 e. The van der Waals surface area contributed by atoms with E-state index < -0.39 is 17.4 Å². The molecule has 1 N–H and O–H groups in total. The SMILES string of the molecule is O=C(C(=O)N1CCC2(CC1)c1nc[nH]c1CCN2C(=O)C1CC1)N1CCOCC1. The number of hydrogen-bond donors (Lipinski definition) is 1. The van der Waals surface area contributed by atoms with E-state index in [4.69, 9.17) is 4.74 Å². The van der Waals surface area contributed by atoms with Gasteiger partial charge in [0.15, 0.2) is 0 Å². The lowest BCUT2D eigenvalue weighted by atomic mass is 9.78. The molecule has 29 heavy (non-hydrogen) atoms. The predicted molar refractivity (Wildman–Crippen MR) is 102 cm³/mol. The van der Waals surface area contributed by atoms with Crippen molar-refractivity contribution in [1.29, 1.82) is 0 Å². The minimum Gasteiger partial charge on any atom is -0.378 e. The minimum absolute atomic E-state index is 0.148. The number of amides is 3. The van der Waals surface area contributed by atoms with Gasteiger partial charge in [-0.25, -0.2) is 4.98 Å². The van der Waals surface area contributed by atoms with Crippen LogP contribution < -0.4 is 0 Å². The first-order valence-corrected chi connectivity index (χ1v) is 10.6. The Kier molecular flexibility index (Phi) is 4.57. The Bertz CT molecular complexity index is 819. The van der Waals surface area contributed by atoms with Crippen LogP contribution in [0.2, 0.25) is 0 Å². The zero-order valence-electron chi connectivity index (χ0n) is 16.6. The molecule has 5 rings (SSSR count). The van der Waals surface area contributed by atoms with Crippen LogP contribution in [0.1, 0.15) is 37.1 Å². The van der Waals surface area contributed by atoms with E-state index in [1.54, 1.807) is 16.1 Å². The molecule has 0 atom stereocenters. The lowest BCUT2D eigenvalue weighted by molar-refractivity contribution is -0.157. The topological polar surface area (TPSA) is 98.8 Å². The average molecular weight is 401 g/mol. The van der Waals surface area contributed by atoms with Crippen molar-refractivity contribution < 1.29 is 19.1 Å². The monoisotopic (exact) mass is 401 g/mol. The Morgan fingerprint density at radius 1 is 1.00 bits per heavy atom. The first kappa shape index (κ1) is 18.6. The summed E-state index contributed by atoms with van der Waals surface area (Å²) in [5.74, 6) is -0.517. The summed E-state index contributed by atoms with van der Waals surface area (Å²) >= 11 is 0. The van der Waals surface area contributed by atoms with Gasteiger partial charge in [0.1, 0.15) is 0 Å². The maximum absolute atomic E-state index is 13.0. The van der Waals surface area contributed by atoms with Gasteiger partial charge in [-0.2, -0.15) is 0 Å². The molecule has 1 spiro atoms. The van der Waals surface area contributed by atoms with Crippen molar-refractivity contribution in [2.75, 3.05) is 45.9 Å². The second-order valence-corrected chi connectivity index (χ2v) is 8.47. The molecular formula is C20H27N5O4. The van der Waals surface area contributed by atoms with Gasteiger partial charge in [-0.15, -0.1) is 0 Å². The zero-order chi connectivity index (χ0) is 20.0. The van der Waals surface area contributed by atoms with Crippen LogP contribution in [0.4, 0.5) is 0 Å². The normalized spacial score (nSPS) is 23.8. The van der Waals surface area contributed by atoms with E-state index >= 15 is 0 Å². The second kappa shape index (κ2) is 7.12. The molecule has 1 saturated carbocycles. The molecule has 1 aliphatic carbocycles. The van der Waals surface area contributed by atoms with Gasteiger partial charge in [-0.05, 0) is 25.7 Å². The first-order valence-electron chi connectivity index (χ1n) is 10.6. The largest absolute Gasteiger partial charge is 0.378 e. The summed E-state index contributed by atoms with van der Waals surface area (Å²) in [4.78, 5) is 51.5. The number of aromatic nitrogens is 2. The van der Waals surface area contributed by atoms with E-state index in [1.807, 2.05) is 4.90 Å². The highest BCUT2D eigenvalue weighted by Gasteiger charge is 2.51. The molecule has 9 nitrogen and oxygen atoms in total. The molecule has 1 aromatic rings. The van der Waals surface area contributed by atoms with Crippen LogP contribution in [0.25, 0.3) is 0 Å². The third kappa shape index (κ3) is 3.11. The van der Waals surface area contributed by atoms with Crippen molar-refractivity contribution in [3.8, 4) is 0 Å². The number of nitrogens with zero attached hydrogens (tertiary/aromatic N) is 4. The van der Waals surface area contributed by atoms with Gasteiger partial charge in [-0.1, -0.05) is 0 Å². The maximum atomic E-state index is 13.0. The van der Waals surface area contributed by atoms with E-state index in [0.717, 1.165) is 30.7 Å². The molecule has 2 saturated heterocycles. The Hall–Kier alpha value is -2.42. The van der Waals surface area contributed by atoms with Crippen LogP contribution in [0.5, 0.6) is 0 Å². The number of ether oxygens (including phenoxy) is 1. The standard InChI is InChI=1S/C20H27N5O4/c26-17(14-1-2-14)25-6-3-15-16(22-13-21-15)20(25)4-7-23(8-5-20)18(27)19(28)24-9-11-29-12-10-24/h13-14H,1-12H2,(H,21,22). The summed E-state index contributed by atoms with van der Waals surface area (Å²) in [5.41, 5.74) is 1.57. The fourth-order valence-corrected chi connectivity index (χ4v) is 4.97. The molecule has 0 bridgehead atoms. The van der Waals surface area contributed by atoms with Crippen molar-refractivity contribution in [1.82, 2.24) is 24.7 Å². The van der Waals surface area contributed by atoms with Gasteiger partial charge < -0.3 is 24.4 Å². The number of piperidine rings is 1. The van der Waals surface area contributed by atoms with Crippen LogP contribution in [0.15, 0.2) is 6.33 Å². The number of imidazole rings is 1. The van der Waals surface area contributed by atoms with Gasteiger partial charge >= 0.3 is 11.8 Å². The smallest absolute Gasteiger partial charge is 0.312 e. The minimum atomic E-state index is -0.466. The number of rotatable bonds is 1. The third-order valence-corrected chi connectivity index (χ3v) is 6.81. The summed E-state index contributed by atoms with van der Waals surface area (Å²) in [6.45, 7) is 3.46. The molecule has 4 aliphatic rings. The molecular weight excluding hydrogens is 374 g/mol. The fourth-order valence-electron chi connectivity index (χ4n) is 4.97. The molecule has 3 fully saturated rings. The highest BCUT2D eigenvalue weighted by atomic mass is 16.5. The Balaban J connectivity index is 1.33. The van der Waals surface area contributed by atoms with Crippen LogP contribution in [-0.4, -0.2) is 88.3 Å². The summed E-state index contributed by atoms with van der Waals surface area (Å²) in [6.07, 6.45) is 5.66. The number of carbonyl (C=O) groups is 3. The average Bonchev–Trinajstić information content (AvgIpc) is 3.50. The number of nitrogens with one attached hydrogen (secondary N) is 1. The van der Waals surface area contributed by atoms with Crippen molar-refractivity contribution in [2.24, 2.45) is 5.92 Å².